The van der Waals surface area contributed by atoms with E-state index in [-0.39, 0.29) is 10.8 Å². The zero-order chi connectivity index (χ0) is 21.0. The minimum Gasteiger partial charge on any atom is -0.494 e. The van der Waals surface area contributed by atoms with E-state index < -0.39 is 10.0 Å². The zero-order valence-electron chi connectivity index (χ0n) is 17.1. The van der Waals surface area contributed by atoms with Crippen LogP contribution in [-0.4, -0.2) is 38.9 Å². The Morgan fingerprint density at radius 1 is 1.10 bits per heavy atom. The lowest BCUT2D eigenvalue weighted by atomic mass is 9.91. The normalized spacial score (nSPS) is 19.6. The van der Waals surface area contributed by atoms with Crippen LogP contribution in [0.3, 0.4) is 0 Å². The van der Waals surface area contributed by atoms with E-state index >= 15 is 0 Å². The number of anilines is 1. The largest absolute Gasteiger partial charge is 0.494 e. The summed E-state index contributed by atoms with van der Waals surface area (Å²) in [6.45, 7) is 8.14. The van der Waals surface area contributed by atoms with Crippen molar-refractivity contribution in [2.45, 2.75) is 32.1 Å². The zero-order valence-corrected chi connectivity index (χ0v) is 17.9. The molecular weight excluding hydrogens is 388 g/mol. The fourth-order valence-electron chi connectivity index (χ4n) is 3.82. The average Bonchev–Trinajstić information content (AvgIpc) is 2.67. The van der Waals surface area contributed by atoms with Crippen LogP contribution in [0.2, 0.25) is 0 Å². The second-order valence-corrected chi connectivity index (χ2v) is 9.43. The Bertz CT molecular complexity index is 947. The van der Waals surface area contributed by atoms with Gasteiger partial charge >= 0.3 is 0 Å². The van der Waals surface area contributed by atoms with Gasteiger partial charge in [0.1, 0.15) is 5.75 Å². The molecule has 1 amide bonds. The average molecular weight is 417 g/mol. The molecule has 1 saturated heterocycles. The lowest BCUT2D eigenvalue weighted by molar-refractivity contribution is 0.0623. The highest BCUT2D eigenvalue weighted by Gasteiger charge is 2.26. The Labute approximate surface area is 172 Å². The highest BCUT2D eigenvalue weighted by Crippen LogP contribution is 2.24. The third kappa shape index (κ3) is 5.29. The van der Waals surface area contributed by atoms with Gasteiger partial charge in [-0.3, -0.25) is 9.52 Å². The highest BCUT2D eigenvalue weighted by molar-refractivity contribution is 7.92. The molecule has 7 heteroatoms. The van der Waals surface area contributed by atoms with Gasteiger partial charge in [0.25, 0.3) is 15.9 Å². The smallest absolute Gasteiger partial charge is 0.261 e. The third-order valence-corrected chi connectivity index (χ3v) is 6.36. The maximum absolute atomic E-state index is 12.9. The summed E-state index contributed by atoms with van der Waals surface area (Å²) in [5, 5.41) is 0. The van der Waals surface area contributed by atoms with E-state index in [4.69, 9.17) is 4.74 Å². The van der Waals surface area contributed by atoms with Crippen LogP contribution in [0, 0.1) is 11.8 Å². The van der Waals surface area contributed by atoms with E-state index in [1.807, 2.05) is 11.8 Å². The molecular formula is C22H28N2O4S. The lowest BCUT2D eigenvalue weighted by Gasteiger charge is -2.35. The lowest BCUT2D eigenvalue weighted by Crippen LogP contribution is -2.42. The van der Waals surface area contributed by atoms with E-state index in [9.17, 15) is 13.2 Å². The van der Waals surface area contributed by atoms with E-state index in [1.165, 1.54) is 12.1 Å². The van der Waals surface area contributed by atoms with Crippen molar-refractivity contribution in [2.24, 2.45) is 11.8 Å². The Morgan fingerprint density at radius 3 is 2.38 bits per heavy atom. The molecule has 0 bridgehead atoms. The summed E-state index contributed by atoms with van der Waals surface area (Å²) < 4.78 is 33.3. The summed E-state index contributed by atoms with van der Waals surface area (Å²) in [6.07, 6.45) is 1.12. The number of likely N-dealkylation sites (tertiary alicyclic amines) is 1. The summed E-state index contributed by atoms with van der Waals surface area (Å²) in [6, 6.07) is 12.9. The van der Waals surface area contributed by atoms with Crippen LogP contribution in [-0.2, 0) is 10.0 Å². The first-order valence-electron chi connectivity index (χ1n) is 9.93. The third-order valence-electron chi connectivity index (χ3n) is 4.96. The highest BCUT2D eigenvalue weighted by atomic mass is 32.2. The summed E-state index contributed by atoms with van der Waals surface area (Å²) in [5.41, 5.74) is 0.848. The number of carbonyl (C=O) groups is 1. The molecule has 156 valence electrons. The molecule has 0 aliphatic carbocycles. The SMILES string of the molecule is CCOc1ccc(S(=O)(=O)Nc2cccc(C(=O)N3CC(C)CC(C)C3)c2)cc1. The van der Waals surface area contributed by atoms with Gasteiger partial charge in [-0.1, -0.05) is 19.9 Å². The molecule has 2 unspecified atom stereocenters. The molecule has 0 spiro atoms. The minimum atomic E-state index is -3.76. The minimum absolute atomic E-state index is 0.0643. The Balaban J connectivity index is 1.76. The Kier molecular flexibility index (Phi) is 6.47. The van der Waals surface area contributed by atoms with Gasteiger partial charge < -0.3 is 9.64 Å². The molecule has 2 aromatic rings. The maximum Gasteiger partial charge on any atom is 0.261 e. The number of piperidine rings is 1. The number of amides is 1. The number of sulfonamides is 1. The van der Waals surface area contributed by atoms with E-state index in [0.29, 0.717) is 35.4 Å². The number of rotatable bonds is 6. The number of hydrogen-bond donors (Lipinski definition) is 1. The molecule has 6 nitrogen and oxygen atoms in total. The van der Waals surface area contributed by atoms with Gasteiger partial charge in [-0.2, -0.15) is 0 Å². The van der Waals surface area contributed by atoms with Crippen LogP contribution in [0.15, 0.2) is 53.4 Å². The first kappa shape index (κ1) is 21.2. The predicted octanol–water partition coefficient (Wildman–Crippen LogP) is 4.00. The molecule has 1 aliphatic rings. The van der Waals surface area contributed by atoms with Gasteiger partial charge in [-0.15, -0.1) is 0 Å². The standard InChI is InChI=1S/C22H28N2O4S/c1-4-28-20-8-10-21(11-9-20)29(26,27)23-19-7-5-6-18(13-19)22(25)24-14-16(2)12-17(3)15-24/h5-11,13,16-17,23H,4,12,14-15H2,1-3H3. The van der Waals surface area contributed by atoms with Crippen molar-refractivity contribution in [3.05, 3.63) is 54.1 Å². The van der Waals surface area contributed by atoms with Crippen molar-refractivity contribution in [2.75, 3.05) is 24.4 Å². The summed E-state index contributed by atoms with van der Waals surface area (Å²) in [4.78, 5) is 14.9. The molecule has 3 rings (SSSR count). The second kappa shape index (κ2) is 8.86. The number of nitrogens with zero attached hydrogens (tertiary/aromatic N) is 1. The van der Waals surface area contributed by atoms with E-state index in [1.54, 1.807) is 36.4 Å². The number of ether oxygens (including phenoxy) is 1. The van der Waals surface area contributed by atoms with E-state index in [2.05, 4.69) is 18.6 Å². The second-order valence-electron chi connectivity index (χ2n) is 7.75. The number of hydrogen-bond acceptors (Lipinski definition) is 4. The molecule has 1 aliphatic heterocycles. The Hall–Kier alpha value is -2.54. The van der Waals surface area contributed by atoms with Gasteiger partial charge in [-0.25, -0.2) is 8.42 Å². The van der Waals surface area contributed by atoms with Crippen LogP contribution in [0.5, 0.6) is 5.75 Å². The van der Waals surface area contributed by atoms with Gasteiger partial charge in [0.15, 0.2) is 0 Å². The first-order valence-corrected chi connectivity index (χ1v) is 11.4. The summed E-state index contributed by atoms with van der Waals surface area (Å²) in [5.74, 6) is 1.47. The van der Waals surface area contributed by atoms with Crippen molar-refractivity contribution in [3.63, 3.8) is 0 Å². The van der Waals surface area contributed by atoms with Crippen molar-refractivity contribution >= 4 is 21.6 Å². The quantitative estimate of drug-likeness (QED) is 0.772. The van der Waals surface area contributed by atoms with Crippen molar-refractivity contribution < 1.29 is 17.9 Å². The van der Waals surface area contributed by atoms with Crippen molar-refractivity contribution in [3.8, 4) is 5.75 Å². The van der Waals surface area contributed by atoms with Crippen LogP contribution in [0.4, 0.5) is 5.69 Å². The molecule has 1 heterocycles. The molecule has 2 aromatic carbocycles. The monoisotopic (exact) mass is 416 g/mol. The molecule has 29 heavy (non-hydrogen) atoms. The predicted molar refractivity (Wildman–Crippen MR) is 114 cm³/mol. The van der Waals surface area contributed by atoms with Crippen molar-refractivity contribution in [1.82, 2.24) is 4.90 Å². The number of nitrogens with one attached hydrogen (secondary N) is 1. The topological polar surface area (TPSA) is 75.7 Å². The maximum atomic E-state index is 12.9. The molecule has 2 atom stereocenters. The van der Waals surface area contributed by atoms with Gasteiger partial charge in [0.05, 0.1) is 11.5 Å². The van der Waals surface area contributed by atoms with Crippen LogP contribution < -0.4 is 9.46 Å². The Morgan fingerprint density at radius 2 is 1.76 bits per heavy atom. The number of benzene rings is 2. The van der Waals surface area contributed by atoms with E-state index in [0.717, 1.165) is 19.5 Å². The van der Waals surface area contributed by atoms with Crippen LogP contribution >= 0.6 is 0 Å². The molecule has 0 saturated carbocycles. The first-order chi connectivity index (χ1) is 13.8. The van der Waals surface area contributed by atoms with Gasteiger partial charge in [0, 0.05) is 24.3 Å². The van der Waals surface area contributed by atoms with Gasteiger partial charge in [-0.05, 0) is 67.6 Å². The van der Waals surface area contributed by atoms with Crippen LogP contribution in [0.1, 0.15) is 37.6 Å². The summed E-state index contributed by atoms with van der Waals surface area (Å²) in [7, 11) is -3.76. The molecule has 1 fully saturated rings. The fraction of sp³-hybridized carbons (Fsp3) is 0.409. The molecule has 1 N–H and O–H groups in total. The van der Waals surface area contributed by atoms with Crippen LogP contribution in [0.25, 0.3) is 0 Å². The van der Waals surface area contributed by atoms with Crippen molar-refractivity contribution in [1.29, 1.82) is 0 Å². The molecule has 0 aromatic heterocycles. The molecule has 0 radical (unpaired) electrons. The number of carbonyl (C=O) groups excluding carboxylic acids is 1. The summed E-state index contributed by atoms with van der Waals surface area (Å²) >= 11 is 0. The van der Waals surface area contributed by atoms with Gasteiger partial charge in [0.2, 0.25) is 0 Å². The fourth-order valence-corrected chi connectivity index (χ4v) is 4.87.